The largest absolute Gasteiger partial charge is 0.463 e. The maximum Gasteiger partial charge on any atom is 0.349 e. The van der Waals surface area contributed by atoms with Gasteiger partial charge in [-0.15, -0.1) is 0 Å². The molecule has 0 bridgehead atoms. The number of ether oxygens (including phenoxy) is 2. The van der Waals surface area contributed by atoms with Crippen LogP contribution in [0.2, 0.25) is 0 Å². The second kappa shape index (κ2) is 14.9. The van der Waals surface area contributed by atoms with Crippen LogP contribution in [-0.2, 0) is 23.9 Å². The Morgan fingerprint density at radius 1 is 1.20 bits per heavy atom. The third-order valence-corrected chi connectivity index (χ3v) is 10.5. The minimum absolute atomic E-state index is 0.00164. The summed E-state index contributed by atoms with van der Waals surface area (Å²) in [6.45, 7) is 9.48. The smallest absolute Gasteiger partial charge is 0.349 e. The van der Waals surface area contributed by atoms with Crippen LogP contribution in [0.3, 0.4) is 0 Å². The average Bonchev–Trinajstić information content (AvgIpc) is 3.70. The fraction of sp³-hybridized carbons (Fsp3) is 0.824. The molecule has 2 heterocycles. The number of nitrogens with one attached hydrogen (secondary N) is 2. The summed E-state index contributed by atoms with van der Waals surface area (Å²) in [6.07, 6.45) is 11.6. The highest BCUT2D eigenvalue weighted by Gasteiger charge is 2.87. The lowest BCUT2D eigenvalue weighted by Crippen LogP contribution is -2.60. The van der Waals surface area contributed by atoms with Crippen LogP contribution in [0.1, 0.15) is 105 Å². The Kier molecular flexibility index (Phi) is 11.7. The number of nitrogens with two attached hydrogens (primary N) is 2. The van der Waals surface area contributed by atoms with E-state index in [2.05, 4.69) is 36.4 Å². The second-order valence-corrected chi connectivity index (χ2v) is 14.2. The molecule has 0 aromatic carbocycles. The first-order chi connectivity index (χ1) is 21.0. The molecule has 0 amide bonds. The number of esters is 1. The monoisotopic (exact) mass is 615 g/mol. The Hall–Kier alpha value is -2.30. The molecule has 248 valence electrons. The number of piperidine rings is 1. The lowest BCUT2D eigenvalue weighted by molar-refractivity contribution is -0.160. The number of unbranched alkanes of at least 4 members (excludes halogenated alkanes) is 3. The van der Waals surface area contributed by atoms with Crippen molar-refractivity contribution in [3.8, 4) is 0 Å². The number of ketones is 2. The van der Waals surface area contributed by atoms with E-state index in [0.717, 1.165) is 69.9 Å². The van der Waals surface area contributed by atoms with Crippen molar-refractivity contribution in [3.05, 3.63) is 11.6 Å². The van der Waals surface area contributed by atoms with Gasteiger partial charge in [0.25, 0.3) is 5.60 Å². The summed E-state index contributed by atoms with van der Waals surface area (Å²) >= 11 is 0. The van der Waals surface area contributed by atoms with E-state index < -0.39 is 29.0 Å². The van der Waals surface area contributed by atoms with Crippen molar-refractivity contribution in [1.82, 2.24) is 10.6 Å². The van der Waals surface area contributed by atoms with E-state index in [0.29, 0.717) is 24.7 Å². The van der Waals surface area contributed by atoms with Crippen LogP contribution in [0.15, 0.2) is 16.6 Å². The van der Waals surface area contributed by atoms with Gasteiger partial charge >= 0.3 is 5.97 Å². The van der Waals surface area contributed by atoms with Gasteiger partial charge in [0.1, 0.15) is 0 Å². The van der Waals surface area contributed by atoms with Crippen LogP contribution < -0.4 is 22.1 Å². The van der Waals surface area contributed by atoms with Crippen LogP contribution in [0.5, 0.6) is 0 Å². The van der Waals surface area contributed by atoms with Gasteiger partial charge in [0.2, 0.25) is 0 Å². The molecule has 44 heavy (non-hydrogen) atoms. The molecule has 2 aliphatic carbocycles. The number of carbonyl (C=O) groups is 3. The fourth-order valence-electron chi connectivity index (χ4n) is 8.17. The summed E-state index contributed by atoms with van der Waals surface area (Å²) in [5.41, 5.74) is 9.99. The number of aliphatic imine (C=N–C) groups is 1. The number of rotatable bonds is 14. The van der Waals surface area contributed by atoms with E-state index in [9.17, 15) is 14.4 Å². The molecular formula is C34H57N5O5. The molecular weight excluding hydrogens is 558 g/mol. The zero-order valence-corrected chi connectivity index (χ0v) is 27.7. The van der Waals surface area contributed by atoms with Crippen LogP contribution >= 0.6 is 0 Å². The van der Waals surface area contributed by atoms with Gasteiger partial charge in [-0.3, -0.25) is 14.6 Å². The molecule has 4 fully saturated rings. The molecule has 6 N–H and O–H groups in total. The minimum atomic E-state index is -1.84. The molecule has 0 aromatic heterocycles. The highest BCUT2D eigenvalue weighted by atomic mass is 16.7. The van der Waals surface area contributed by atoms with E-state index >= 15 is 0 Å². The number of fused-ring (bicyclic) bond motifs is 2. The van der Waals surface area contributed by atoms with Crippen molar-refractivity contribution >= 4 is 23.5 Å². The van der Waals surface area contributed by atoms with Crippen molar-refractivity contribution < 1.29 is 23.9 Å². The number of epoxide rings is 1. The maximum atomic E-state index is 14.4. The van der Waals surface area contributed by atoms with Crippen molar-refractivity contribution in [3.63, 3.8) is 0 Å². The van der Waals surface area contributed by atoms with E-state index in [1.54, 1.807) is 7.05 Å². The zero-order valence-electron chi connectivity index (χ0n) is 27.7. The molecule has 4 rings (SSSR count). The molecule has 0 spiro atoms. The summed E-state index contributed by atoms with van der Waals surface area (Å²) in [4.78, 5) is 46.6. The first kappa shape index (κ1) is 34.6. The van der Waals surface area contributed by atoms with E-state index in [1.807, 2.05) is 13.0 Å². The molecule has 2 aliphatic heterocycles. The van der Waals surface area contributed by atoms with Crippen LogP contribution in [-0.4, -0.2) is 67.1 Å². The normalized spacial score (nSPS) is 34.8. The van der Waals surface area contributed by atoms with Gasteiger partial charge < -0.3 is 31.6 Å². The fourth-order valence-corrected chi connectivity index (χ4v) is 8.17. The first-order valence-electron chi connectivity index (χ1n) is 17.1. The van der Waals surface area contributed by atoms with Crippen molar-refractivity contribution in [2.24, 2.45) is 46.0 Å². The Balaban J connectivity index is 1.58. The minimum Gasteiger partial charge on any atom is -0.463 e. The van der Waals surface area contributed by atoms with Crippen molar-refractivity contribution in [2.75, 3.05) is 20.2 Å². The number of nitrogens with zero attached hydrogens (tertiary/aromatic N) is 1. The molecule has 8 unspecified atom stereocenters. The van der Waals surface area contributed by atoms with Gasteiger partial charge in [0.05, 0.1) is 12.8 Å². The zero-order chi connectivity index (χ0) is 32.1. The van der Waals surface area contributed by atoms with Gasteiger partial charge in [-0.1, -0.05) is 58.1 Å². The quantitative estimate of drug-likeness (QED) is 0.0434. The Morgan fingerprint density at radius 2 is 1.98 bits per heavy atom. The predicted molar refractivity (Wildman–Crippen MR) is 172 cm³/mol. The Morgan fingerprint density at radius 3 is 2.66 bits per heavy atom. The number of carbonyl (C=O) groups excluding carboxylic acids is 3. The standard InChI is InChI=1S/C34H57N5O5/c1-6-7-8-9-17-43-31(42)34-30(41)28-24(18-21(2)3)11-10-12-25(28)29(40)33(34,44-34)15-13-22(4)19-26(39-32(36)37-5)23-14-16-38-27(35)20-23/h13,21,23-28,38H,6-12,14-20,35H2,1-5H3,(H3,36,37,39). The lowest BCUT2D eigenvalue weighted by Gasteiger charge is -2.42. The first-order valence-corrected chi connectivity index (χ1v) is 17.1. The number of Topliss-reactive ketones (excluding diaryl/α,β-unsaturated/α-hetero) is 2. The SMILES string of the molecule is CCCCCCOC(=O)C12OC1(CC=C(C)CC(NC(N)=NC)C1CCNC(N)C1)C(=O)C1CCCC(CC(C)C)C1C2=O. The topological polar surface area (TPSA) is 161 Å². The Bertz CT molecular complexity index is 1110. The molecule has 10 heteroatoms. The molecule has 10 nitrogen and oxygen atoms in total. The summed E-state index contributed by atoms with van der Waals surface area (Å²) in [5.74, 6) is -0.778. The number of hydrogen-bond acceptors (Lipinski definition) is 8. The molecule has 2 saturated carbocycles. The molecule has 8 atom stereocenters. The van der Waals surface area contributed by atoms with E-state index in [1.165, 1.54) is 0 Å². The highest BCUT2D eigenvalue weighted by Crippen LogP contribution is 2.62. The van der Waals surface area contributed by atoms with Gasteiger partial charge in [-0.05, 0) is 76.2 Å². The number of hydrogen-bond donors (Lipinski definition) is 4. The van der Waals surface area contributed by atoms with Crippen LogP contribution in [0.4, 0.5) is 0 Å². The summed E-state index contributed by atoms with van der Waals surface area (Å²) < 4.78 is 11.9. The third-order valence-electron chi connectivity index (χ3n) is 10.5. The van der Waals surface area contributed by atoms with Gasteiger partial charge in [0.15, 0.2) is 23.1 Å². The summed E-state index contributed by atoms with van der Waals surface area (Å²) in [7, 11) is 1.65. The summed E-state index contributed by atoms with van der Waals surface area (Å²) in [5, 5.41) is 6.65. The van der Waals surface area contributed by atoms with Crippen LogP contribution in [0.25, 0.3) is 0 Å². The van der Waals surface area contributed by atoms with Crippen LogP contribution in [0, 0.1) is 29.6 Å². The van der Waals surface area contributed by atoms with E-state index in [4.69, 9.17) is 20.9 Å². The van der Waals surface area contributed by atoms with Gasteiger partial charge in [-0.25, -0.2) is 4.79 Å². The lowest BCUT2D eigenvalue weighted by atomic mass is 9.57. The number of guanidine groups is 1. The van der Waals surface area contributed by atoms with Gasteiger partial charge in [0, 0.05) is 31.3 Å². The summed E-state index contributed by atoms with van der Waals surface area (Å²) in [6, 6.07) is 0.00164. The molecule has 0 radical (unpaired) electrons. The maximum absolute atomic E-state index is 14.4. The molecule has 0 aromatic rings. The van der Waals surface area contributed by atoms with Crippen molar-refractivity contribution in [2.45, 2.75) is 128 Å². The Labute approximate surface area is 263 Å². The second-order valence-electron chi connectivity index (χ2n) is 14.2. The molecule has 4 aliphatic rings. The third kappa shape index (κ3) is 7.07. The van der Waals surface area contributed by atoms with Gasteiger partial charge in [-0.2, -0.15) is 0 Å². The predicted octanol–water partition coefficient (Wildman–Crippen LogP) is 3.76. The average molecular weight is 616 g/mol. The van der Waals surface area contributed by atoms with Crippen molar-refractivity contribution in [1.29, 1.82) is 0 Å². The molecule has 2 saturated heterocycles. The van der Waals surface area contributed by atoms with E-state index in [-0.39, 0.29) is 48.6 Å². The highest BCUT2D eigenvalue weighted by molar-refractivity contribution is 6.23.